The van der Waals surface area contributed by atoms with Crippen molar-refractivity contribution in [1.82, 2.24) is 10.2 Å². The van der Waals surface area contributed by atoms with Crippen LogP contribution in [0.4, 0.5) is 4.79 Å². The maximum Gasteiger partial charge on any atom is 0.317 e. The highest BCUT2D eigenvalue weighted by Gasteiger charge is 2.29. The van der Waals surface area contributed by atoms with E-state index < -0.39 is 5.60 Å². The Labute approximate surface area is 104 Å². The smallest absolute Gasteiger partial charge is 0.317 e. The van der Waals surface area contributed by atoms with Crippen LogP contribution in [0.5, 0.6) is 0 Å². The van der Waals surface area contributed by atoms with Gasteiger partial charge in [0.15, 0.2) is 0 Å². The lowest BCUT2D eigenvalue weighted by Crippen LogP contribution is -2.48. The summed E-state index contributed by atoms with van der Waals surface area (Å²) in [6.45, 7) is 7.89. The zero-order valence-electron chi connectivity index (χ0n) is 11.1. The van der Waals surface area contributed by atoms with E-state index in [-0.39, 0.29) is 6.03 Å². The van der Waals surface area contributed by atoms with E-state index in [1.807, 2.05) is 6.92 Å². The van der Waals surface area contributed by atoms with Gasteiger partial charge in [-0.25, -0.2) is 4.79 Å². The van der Waals surface area contributed by atoms with Crippen LogP contribution >= 0.6 is 0 Å². The first-order valence-corrected chi connectivity index (χ1v) is 6.29. The van der Waals surface area contributed by atoms with Crippen molar-refractivity contribution in [3.05, 3.63) is 11.6 Å². The number of rotatable bonds is 3. The van der Waals surface area contributed by atoms with E-state index in [1.54, 1.807) is 4.90 Å². The SMILES string of the molecule is CC(C)=CCCNC(=O)N1CCC(C)(O)CC1. The van der Waals surface area contributed by atoms with Crippen LogP contribution in [0.3, 0.4) is 0 Å². The van der Waals surface area contributed by atoms with Gasteiger partial charge in [0.2, 0.25) is 0 Å². The quantitative estimate of drug-likeness (QED) is 0.585. The standard InChI is InChI=1S/C13H24N2O2/c1-11(2)5-4-8-14-12(16)15-9-6-13(3,17)7-10-15/h5,17H,4,6-10H2,1-3H3,(H,14,16). The molecule has 0 spiro atoms. The van der Waals surface area contributed by atoms with Crippen LogP contribution in [0, 0.1) is 0 Å². The van der Waals surface area contributed by atoms with Gasteiger partial charge < -0.3 is 15.3 Å². The zero-order valence-corrected chi connectivity index (χ0v) is 11.1. The molecule has 1 fully saturated rings. The average molecular weight is 240 g/mol. The first-order valence-electron chi connectivity index (χ1n) is 6.29. The number of piperidine rings is 1. The molecule has 4 nitrogen and oxygen atoms in total. The average Bonchev–Trinajstić information content (AvgIpc) is 2.23. The Balaban J connectivity index is 2.23. The number of hydrogen-bond donors (Lipinski definition) is 2. The zero-order chi connectivity index (χ0) is 12.9. The summed E-state index contributed by atoms with van der Waals surface area (Å²) < 4.78 is 0. The summed E-state index contributed by atoms with van der Waals surface area (Å²) in [4.78, 5) is 13.5. The lowest BCUT2D eigenvalue weighted by molar-refractivity contribution is 0.00443. The van der Waals surface area contributed by atoms with Gasteiger partial charge in [-0.2, -0.15) is 0 Å². The molecule has 1 aliphatic rings. The van der Waals surface area contributed by atoms with Gasteiger partial charge in [-0.15, -0.1) is 0 Å². The number of carbonyl (C=O) groups excluding carboxylic acids is 1. The number of amides is 2. The fraction of sp³-hybridized carbons (Fsp3) is 0.769. The third-order valence-corrected chi connectivity index (χ3v) is 3.10. The predicted molar refractivity (Wildman–Crippen MR) is 68.9 cm³/mol. The Morgan fingerprint density at radius 2 is 2.00 bits per heavy atom. The van der Waals surface area contributed by atoms with Crippen LogP contribution in [0.2, 0.25) is 0 Å². The molecule has 0 saturated carbocycles. The first-order chi connectivity index (χ1) is 7.91. The van der Waals surface area contributed by atoms with E-state index in [1.165, 1.54) is 5.57 Å². The summed E-state index contributed by atoms with van der Waals surface area (Å²) in [6.07, 6.45) is 4.31. The Kier molecular flexibility index (Phi) is 5.00. The molecular weight excluding hydrogens is 216 g/mol. The lowest BCUT2D eigenvalue weighted by atomic mass is 9.94. The normalized spacial score (nSPS) is 18.7. The van der Waals surface area contributed by atoms with Crippen LogP contribution in [0.25, 0.3) is 0 Å². The van der Waals surface area contributed by atoms with Gasteiger partial charge in [0.1, 0.15) is 0 Å². The fourth-order valence-electron chi connectivity index (χ4n) is 1.84. The molecule has 0 aromatic rings. The van der Waals surface area contributed by atoms with E-state index in [9.17, 15) is 9.90 Å². The Hall–Kier alpha value is -1.03. The van der Waals surface area contributed by atoms with Crippen molar-refractivity contribution < 1.29 is 9.90 Å². The number of urea groups is 1. The maximum atomic E-state index is 11.8. The van der Waals surface area contributed by atoms with Crippen molar-refractivity contribution in [2.45, 2.75) is 45.6 Å². The van der Waals surface area contributed by atoms with Crippen molar-refractivity contribution in [2.24, 2.45) is 0 Å². The van der Waals surface area contributed by atoms with Gasteiger partial charge in [0, 0.05) is 19.6 Å². The minimum Gasteiger partial charge on any atom is -0.390 e. The predicted octanol–water partition coefficient (Wildman–Crippen LogP) is 1.90. The molecule has 0 bridgehead atoms. The van der Waals surface area contributed by atoms with Gasteiger partial charge in [-0.05, 0) is 40.0 Å². The summed E-state index contributed by atoms with van der Waals surface area (Å²) in [5.41, 5.74) is 0.673. The molecule has 17 heavy (non-hydrogen) atoms. The van der Waals surface area contributed by atoms with Crippen molar-refractivity contribution in [3.8, 4) is 0 Å². The van der Waals surface area contributed by atoms with Gasteiger partial charge >= 0.3 is 6.03 Å². The molecule has 4 heteroatoms. The minimum atomic E-state index is -0.598. The third kappa shape index (κ3) is 5.22. The number of carbonyl (C=O) groups is 1. The molecule has 0 aromatic carbocycles. The summed E-state index contributed by atoms with van der Waals surface area (Å²) in [5, 5.41) is 12.7. The number of allylic oxidation sites excluding steroid dienone is 1. The van der Waals surface area contributed by atoms with Gasteiger partial charge in [0.05, 0.1) is 5.60 Å². The van der Waals surface area contributed by atoms with Crippen LogP contribution < -0.4 is 5.32 Å². The lowest BCUT2D eigenvalue weighted by Gasteiger charge is -2.35. The first kappa shape index (κ1) is 14.0. The fourth-order valence-corrected chi connectivity index (χ4v) is 1.84. The Morgan fingerprint density at radius 1 is 1.41 bits per heavy atom. The molecule has 2 N–H and O–H groups in total. The Morgan fingerprint density at radius 3 is 2.53 bits per heavy atom. The molecule has 0 atom stereocenters. The number of likely N-dealkylation sites (tertiary alicyclic amines) is 1. The largest absolute Gasteiger partial charge is 0.390 e. The third-order valence-electron chi connectivity index (χ3n) is 3.10. The van der Waals surface area contributed by atoms with Gasteiger partial charge in [0.25, 0.3) is 0 Å². The molecule has 1 rings (SSSR count). The van der Waals surface area contributed by atoms with Crippen LogP contribution in [-0.2, 0) is 0 Å². The molecule has 0 aromatic heterocycles. The number of aliphatic hydroxyl groups is 1. The molecule has 1 aliphatic heterocycles. The monoisotopic (exact) mass is 240 g/mol. The summed E-state index contributed by atoms with van der Waals surface area (Å²) in [6, 6.07) is -0.0114. The number of nitrogens with one attached hydrogen (secondary N) is 1. The molecule has 1 heterocycles. The molecule has 0 aliphatic carbocycles. The molecular formula is C13H24N2O2. The second-order valence-electron chi connectivity index (χ2n) is 5.29. The van der Waals surface area contributed by atoms with Crippen LogP contribution in [0.15, 0.2) is 11.6 Å². The molecule has 0 unspecified atom stereocenters. The highest BCUT2D eigenvalue weighted by Crippen LogP contribution is 2.20. The van der Waals surface area contributed by atoms with Crippen molar-refractivity contribution in [3.63, 3.8) is 0 Å². The van der Waals surface area contributed by atoms with Crippen LogP contribution in [-0.4, -0.2) is 41.3 Å². The van der Waals surface area contributed by atoms with Crippen molar-refractivity contribution in [2.75, 3.05) is 19.6 Å². The molecule has 2 amide bonds. The highest BCUT2D eigenvalue weighted by molar-refractivity contribution is 5.74. The summed E-state index contributed by atoms with van der Waals surface area (Å²) in [7, 11) is 0. The molecule has 98 valence electrons. The summed E-state index contributed by atoms with van der Waals surface area (Å²) in [5.74, 6) is 0. The minimum absolute atomic E-state index is 0.0114. The van der Waals surface area contributed by atoms with E-state index in [2.05, 4.69) is 25.2 Å². The van der Waals surface area contributed by atoms with Crippen molar-refractivity contribution >= 4 is 6.03 Å². The topological polar surface area (TPSA) is 52.6 Å². The number of hydrogen-bond acceptors (Lipinski definition) is 2. The molecule has 0 radical (unpaired) electrons. The van der Waals surface area contributed by atoms with Crippen LogP contribution in [0.1, 0.15) is 40.0 Å². The van der Waals surface area contributed by atoms with Gasteiger partial charge in [-0.3, -0.25) is 0 Å². The second kappa shape index (κ2) is 6.05. The highest BCUT2D eigenvalue weighted by atomic mass is 16.3. The van der Waals surface area contributed by atoms with E-state index >= 15 is 0 Å². The maximum absolute atomic E-state index is 11.8. The number of nitrogens with zero attached hydrogens (tertiary/aromatic N) is 1. The summed E-state index contributed by atoms with van der Waals surface area (Å²) >= 11 is 0. The van der Waals surface area contributed by atoms with Gasteiger partial charge in [-0.1, -0.05) is 11.6 Å². The second-order valence-corrected chi connectivity index (χ2v) is 5.29. The van der Waals surface area contributed by atoms with E-state index in [4.69, 9.17) is 0 Å². The Bertz CT molecular complexity index is 284. The van der Waals surface area contributed by atoms with E-state index in [0.29, 0.717) is 32.5 Å². The molecule has 1 saturated heterocycles. The van der Waals surface area contributed by atoms with E-state index in [0.717, 1.165) is 6.42 Å². The van der Waals surface area contributed by atoms with Crippen molar-refractivity contribution in [1.29, 1.82) is 0 Å².